The molecule has 0 bridgehead atoms. The second-order valence-corrected chi connectivity index (χ2v) is 7.05. The van der Waals surface area contributed by atoms with Gasteiger partial charge < -0.3 is 13.3 Å². The molecule has 0 saturated carbocycles. The minimum Gasteiger partial charge on any atom is -0.374 e. The highest BCUT2D eigenvalue weighted by Crippen LogP contribution is 2.22. The van der Waals surface area contributed by atoms with Gasteiger partial charge >= 0.3 is 8.80 Å². The largest absolute Gasteiger partial charge is 0.502 e. The Balaban J connectivity index is 4.62. The molecule has 0 aliphatic carbocycles. The van der Waals surface area contributed by atoms with E-state index >= 15 is 0 Å². The van der Waals surface area contributed by atoms with Crippen molar-refractivity contribution in [3.05, 3.63) is 0 Å². The minimum atomic E-state index is -2.52. The van der Waals surface area contributed by atoms with Gasteiger partial charge in [-0.05, 0) is 33.2 Å². The summed E-state index contributed by atoms with van der Waals surface area (Å²) >= 11 is 0. The van der Waals surface area contributed by atoms with Crippen LogP contribution >= 0.6 is 0 Å². The van der Waals surface area contributed by atoms with Crippen LogP contribution in [-0.4, -0.2) is 34.8 Å². The van der Waals surface area contributed by atoms with Crippen LogP contribution in [0.1, 0.15) is 41.5 Å². The molecule has 17 heavy (non-hydrogen) atoms. The van der Waals surface area contributed by atoms with E-state index in [1.54, 1.807) is 0 Å². The van der Waals surface area contributed by atoms with E-state index in [1.165, 1.54) is 0 Å². The van der Waals surface area contributed by atoms with Crippen molar-refractivity contribution in [3.8, 4) is 0 Å². The Morgan fingerprint density at radius 1 is 1.00 bits per heavy atom. The van der Waals surface area contributed by atoms with E-state index in [0.717, 1.165) is 12.6 Å². The Bertz CT molecular complexity index is 185. The second-order valence-electron chi connectivity index (χ2n) is 4.46. The number of rotatable bonds is 10. The van der Waals surface area contributed by atoms with E-state index in [0.29, 0.717) is 19.1 Å². The lowest BCUT2D eigenvalue weighted by atomic mass is 10.3. The summed E-state index contributed by atoms with van der Waals surface area (Å²) in [5, 5.41) is 3.24. The van der Waals surface area contributed by atoms with Crippen LogP contribution in [0.25, 0.3) is 0 Å². The first-order chi connectivity index (χ1) is 7.99. The highest BCUT2D eigenvalue weighted by Gasteiger charge is 2.42. The lowest BCUT2D eigenvalue weighted by molar-refractivity contribution is 0.0250. The molecule has 104 valence electrons. The Kier molecular flexibility index (Phi) is 9.08. The molecule has 0 rings (SSSR count). The topological polar surface area (TPSA) is 39.7 Å². The smallest absolute Gasteiger partial charge is 0.374 e. The normalized spacial score (nSPS) is 14.3. The highest BCUT2D eigenvalue weighted by molar-refractivity contribution is 6.60. The number of nitrogens with one attached hydrogen (secondary N) is 1. The fraction of sp³-hybridized carbons (Fsp3) is 1.00. The Labute approximate surface area is 107 Å². The van der Waals surface area contributed by atoms with Crippen molar-refractivity contribution in [3.63, 3.8) is 0 Å². The van der Waals surface area contributed by atoms with Gasteiger partial charge in [-0.1, -0.05) is 20.8 Å². The maximum absolute atomic E-state index is 6.05. The Hall–Kier alpha value is 0.0569. The Morgan fingerprint density at radius 3 is 1.88 bits per heavy atom. The third kappa shape index (κ3) is 7.16. The fourth-order valence-electron chi connectivity index (χ4n) is 1.81. The fourth-order valence-corrected chi connectivity index (χ4v) is 4.87. The van der Waals surface area contributed by atoms with Crippen molar-refractivity contribution in [2.24, 2.45) is 5.92 Å². The molecule has 0 aliphatic rings. The number of hydrogen-bond donors (Lipinski definition) is 1. The molecule has 1 unspecified atom stereocenters. The van der Waals surface area contributed by atoms with Crippen LogP contribution in [0.5, 0.6) is 0 Å². The van der Waals surface area contributed by atoms with Crippen molar-refractivity contribution in [1.29, 1.82) is 0 Å². The molecule has 0 fully saturated rings. The van der Waals surface area contributed by atoms with Crippen molar-refractivity contribution in [2.75, 3.05) is 19.8 Å². The predicted molar refractivity (Wildman–Crippen MR) is 72.9 cm³/mol. The van der Waals surface area contributed by atoms with Gasteiger partial charge in [0, 0.05) is 19.3 Å². The van der Waals surface area contributed by atoms with Crippen molar-refractivity contribution in [1.82, 2.24) is 5.32 Å². The van der Waals surface area contributed by atoms with Gasteiger partial charge in [0.05, 0.1) is 6.23 Å². The summed E-state index contributed by atoms with van der Waals surface area (Å²) in [6.07, 6.45) is -0.0245. The molecule has 1 atom stereocenters. The van der Waals surface area contributed by atoms with Gasteiger partial charge in [-0.15, -0.1) is 0 Å². The monoisotopic (exact) mass is 263 g/mol. The highest BCUT2D eigenvalue weighted by atomic mass is 28.4. The third-order valence-corrected chi connectivity index (χ3v) is 5.72. The van der Waals surface area contributed by atoms with Crippen LogP contribution in [0.4, 0.5) is 0 Å². The predicted octanol–water partition coefficient (Wildman–Crippen LogP) is 2.63. The third-order valence-electron chi connectivity index (χ3n) is 2.23. The molecule has 0 amide bonds. The summed E-state index contributed by atoms with van der Waals surface area (Å²) in [4.78, 5) is 0. The summed E-state index contributed by atoms with van der Waals surface area (Å²) in [7, 11) is -2.52. The van der Waals surface area contributed by atoms with Crippen LogP contribution in [0.15, 0.2) is 0 Å². The van der Waals surface area contributed by atoms with E-state index < -0.39 is 8.80 Å². The molecule has 0 aromatic rings. The SMILES string of the molecule is CCNC(C)O[Si](CC(C)C)(OCC)OCC. The zero-order chi connectivity index (χ0) is 13.3. The first kappa shape index (κ1) is 17.1. The van der Waals surface area contributed by atoms with Crippen LogP contribution in [-0.2, 0) is 13.3 Å². The van der Waals surface area contributed by atoms with Crippen LogP contribution < -0.4 is 5.32 Å². The van der Waals surface area contributed by atoms with Gasteiger partial charge in [-0.3, -0.25) is 5.32 Å². The second kappa shape index (κ2) is 9.05. The maximum atomic E-state index is 6.05. The van der Waals surface area contributed by atoms with Gasteiger partial charge in [0.2, 0.25) is 0 Å². The van der Waals surface area contributed by atoms with Crippen LogP contribution in [0, 0.1) is 5.92 Å². The molecule has 0 radical (unpaired) electrons. The molecule has 0 spiro atoms. The van der Waals surface area contributed by atoms with Gasteiger partial charge in [-0.2, -0.15) is 0 Å². The van der Waals surface area contributed by atoms with E-state index in [4.69, 9.17) is 13.3 Å². The van der Waals surface area contributed by atoms with Gasteiger partial charge in [0.1, 0.15) is 0 Å². The zero-order valence-electron chi connectivity index (χ0n) is 12.2. The van der Waals surface area contributed by atoms with Crippen molar-refractivity contribution < 1.29 is 13.3 Å². The molecule has 4 nitrogen and oxygen atoms in total. The zero-order valence-corrected chi connectivity index (χ0v) is 13.2. The molecular weight excluding hydrogens is 234 g/mol. The quantitative estimate of drug-likeness (QED) is 0.486. The molecule has 1 N–H and O–H groups in total. The van der Waals surface area contributed by atoms with Crippen molar-refractivity contribution in [2.45, 2.75) is 53.8 Å². The van der Waals surface area contributed by atoms with Crippen molar-refractivity contribution >= 4 is 8.80 Å². The van der Waals surface area contributed by atoms with Gasteiger partial charge in [-0.25, -0.2) is 0 Å². The van der Waals surface area contributed by atoms with Gasteiger partial charge in [0.15, 0.2) is 0 Å². The summed E-state index contributed by atoms with van der Waals surface area (Å²) < 4.78 is 17.8. The lowest BCUT2D eigenvalue weighted by Gasteiger charge is -2.33. The summed E-state index contributed by atoms with van der Waals surface area (Å²) in [6, 6.07) is 0.865. The molecule has 0 heterocycles. The summed E-state index contributed by atoms with van der Waals surface area (Å²) in [6.45, 7) is 14.5. The average Bonchev–Trinajstić information content (AvgIpc) is 2.16. The molecule has 5 heteroatoms. The summed E-state index contributed by atoms with van der Waals surface area (Å²) in [5.74, 6) is 0.508. The number of hydrogen-bond acceptors (Lipinski definition) is 4. The minimum absolute atomic E-state index is 0.0245. The molecule has 0 aliphatic heterocycles. The van der Waals surface area contributed by atoms with Gasteiger partial charge in [0.25, 0.3) is 0 Å². The van der Waals surface area contributed by atoms with Crippen LogP contribution in [0.3, 0.4) is 0 Å². The Morgan fingerprint density at radius 2 is 1.53 bits per heavy atom. The molecular formula is C12H29NO3Si. The van der Waals surface area contributed by atoms with E-state index in [-0.39, 0.29) is 6.23 Å². The first-order valence-corrected chi connectivity index (χ1v) is 8.61. The maximum Gasteiger partial charge on any atom is 0.502 e. The molecule has 0 saturated heterocycles. The standard InChI is InChI=1S/C12H29NO3Si/c1-7-13-12(6)16-17(14-8-2,15-9-3)10-11(4)5/h11-13H,7-10H2,1-6H3. The molecule has 0 aromatic carbocycles. The van der Waals surface area contributed by atoms with Crippen LogP contribution in [0.2, 0.25) is 6.04 Å². The van der Waals surface area contributed by atoms with E-state index in [9.17, 15) is 0 Å². The lowest BCUT2D eigenvalue weighted by Crippen LogP contribution is -2.51. The van der Waals surface area contributed by atoms with E-state index in [1.807, 2.05) is 20.8 Å². The van der Waals surface area contributed by atoms with E-state index in [2.05, 4.69) is 26.1 Å². The average molecular weight is 263 g/mol. The molecule has 0 aromatic heterocycles. The summed E-state index contributed by atoms with van der Waals surface area (Å²) in [5.41, 5.74) is 0. The first-order valence-electron chi connectivity index (χ1n) is 6.68.